The fraction of sp³-hybridized carbons (Fsp3) is 0.655. The first-order valence-electron chi connectivity index (χ1n) is 14.1. The molecule has 2 saturated carbocycles. The van der Waals surface area contributed by atoms with Gasteiger partial charge >= 0.3 is 6.02 Å². The van der Waals surface area contributed by atoms with E-state index in [1.165, 1.54) is 25.7 Å². The van der Waals surface area contributed by atoms with Gasteiger partial charge in [-0.1, -0.05) is 38.5 Å². The molecular weight excluding hydrogens is 470 g/mol. The normalized spacial score (nSPS) is 21.6. The van der Waals surface area contributed by atoms with E-state index in [1.807, 2.05) is 23.1 Å². The Bertz CT molecular complexity index is 943. The topological polar surface area (TPSA) is 94.8 Å². The number of benzene rings is 1. The maximum absolute atomic E-state index is 13.6. The lowest BCUT2D eigenvalue weighted by atomic mass is 9.94. The molecule has 2 aliphatic carbocycles. The fourth-order valence-corrected chi connectivity index (χ4v) is 5.65. The number of carbonyl (C=O) groups is 1. The number of hydrogen-bond acceptors (Lipinski definition) is 7. The molecule has 1 aliphatic heterocycles. The van der Waals surface area contributed by atoms with Gasteiger partial charge in [-0.05, 0) is 56.7 Å². The maximum Gasteiger partial charge on any atom is 0.300 e. The highest BCUT2D eigenvalue weighted by molar-refractivity contribution is 6.11. The second kappa shape index (κ2) is 13.8. The summed E-state index contributed by atoms with van der Waals surface area (Å²) in [5, 5.41) is 18.6. The van der Waals surface area contributed by atoms with E-state index in [9.17, 15) is 15.0 Å². The van der Waals surface area contributed by atoms with Crippen molar-refractivity contribution in [3.05, 3.63) is 29.5 Å². The van der Waals surface area contributed by atoms with Crippen LogP contribution in [-0.4, -0.2) is 72.5 Å². The number of hydrogen-bond donors (Lipinski definition) is 2. The van der Waals surface area contributed by atoms with Crippen LogP contribution in [0.5, 0.6) is 5.75 Å². The summed E-state index contributed by atoms with van der Waals surface area (Å²) in [5.74, 6) is 0.824. The Hall–Kier alpha value is -2.58. The van der Waals surface area contributed by atoms with Crippen molar-refractivity contribution in [3.8, 4) is 5.75 Å². The molecule has 0 atom stereocenters. The van der Waals surface area contributed by atoms with Crippen LogP contribution >= 0.6 is 0 Å². The van der Waals surface area contributed by atoms with Crippen molar-refractivity contribution < 1.29 is 24.5 Å². The third kappa shape index (κ3) is 7.05. The Morgan fingerprint density at radius 1 is 1.03 bits per heavy atom. The number of aliphatic hydroxyl groups is 2. The van der Waals surface area contributed by atoms with Crippen molar-refractivity contribution in [2.75, 3.05) is 38.3 Å². The molecule has 1 heterocycles. The Kier molecular flexibility index (Phi) is 10.3. The standard InChI is InChI=1S/C29H43N3O5/c1-36-26-21-25(31(16-8-18-33)17-9-19-34)15-14-22(26)20-27-28(35)32(24-12-6-3-7-13-24)29(37-27)30-23-10-4-2-5-11-23/h14-15,20-21,23-24,33-34H,2-13,16-19H2,1H3. The number of methoxy groups -OCH3 is 1. The molecule has 8 heteroatoms. The Morgan fingerprint density at radius 3 is 2.30 bits per heavy atom. The van der Waals surface area contributed by atoms with Crippen LogP contribution in [0.1, 0.15) is 82.6 Å². The zero-order valence-corrected chi connectivity index (χ0v) is 22.2. The number of amidine groups is 1. The average Bonchev–Trinajstić information content (AvgIpc) is 3.24. The number of carbonyl (C=O) groups excluding carboxylic acids is 1. The van der Waals surface area contributed by atoms with E-state index < -0.39 is 0 Å². The van der Waals surface area contributed by atoms with Gasteiger partial charge in [-0.3, -0.25) is 9.69 Å². The molecule has 1 saturated heterocycles. The number of anilines is 1. The summed E-state index contributed by atoms with van der Waals surface area (Å²) >= 11 is 0. The maximum atomic E-state index is 13.6. The molecule has 1 aromatic rings. The highest BCUT2D eigenvalue weighted by atomic mass is 16.5. The summed E-state index contributed by atoms with van der Waals surface area (Å²) in [6, 6.07) is 6.70. The van der Waals surface area contributed by atoms with Crippen LogP contribution < -0.4 is 9.64 Å². The van der Waals surface area contributed by atoms with Crippen LogP contribution in [0.15, 0.2) is 29.0 Å². The minimum Gasteiger partial charge on any atom is -0.496 e. The molecule has 3 fully saturated rings. The van der Waals surface area contributed by atoms with Crippen molar-refractivity contribution in [2.45, 2.75) is 89.1 Å². The Labute approximate surface area is 221 Å². The fourth-order valence-electron chi connectivity index (χ4n) is 5.65. The molecule has 0 aromatic heterocycles. The van der Waals surface area contributed by atoms with E-state index in [0.717, 1.165) is 49.8 Å². The quantitative estimate of drug-likeness (QED) is 0.424. The van der Waals surface area contributed by atoms with E-state index in [1.54, 1.807) is 13.2 Å². The SMILES string of the molecule is COc1cc(N(CCCO)CCCO)ccc1C=C1OC(=NC2CCCCC2)N(C2CCCCC2)C1=O. The van der Waals surface area contributed by atoms with Gasteiger partial charge in [0.25, 0.3) is 5.91 Å². The Balaban J connectivity index is 1.60. The molecule has 4 rings (SSSR count). The van der Waals surface area contributed by atoms with E-state index in [4.69, 9.17) is 14.5 Å². The molecule has 204 valence electrons. The number of nitrogens with zero attached hydrogens (tertiary/aromatic N) is 3. The first-order chi connectivity index (χ1) is 18.1. The first-order valence-corrected chi connectivity index (χ1v) is 14.1. The first kappa shape index (κ1) is 27.5. The van der Waals surface area contributed by atoms with Crippen molar-refractivity contribution in [1.29, 1.82) is 0 Å². The van der Waals surface area contributed by atoms with Crippen molar-refractivity contribution in [3.63, 3.8) is 0 Å². The van der Waals surface area contributed by atoms with Crippen molar-refractivity contribution in [1.82, 2.24) is 4.90 Å². The van der Waals surface area contributed by atoms with Crippen LogP contribution in [0.4, 0.5) is 5.69 Å². The van der Waals surface area contributed by atoms with Crippen LogP contribution in [-0.2, 0) is 9.53 Å². The van der Waals surface area contributed by atoms with Gasteiger partial charge in [0.05, 0.1) is 13.2 Å². The number of aliphatic hydroxyl groups excluding tert-OH is 2. The van der Waals surface area contributed by atoms with E-state index in [0.29, 0.717) is 43.5 Å². The summed E-state index contributed by atoms with van der Waals surface area (Å²) in [6.07, 6.45) is 14.2. The molecule has 1 amide bonds. The van der Waals surface area contributed by atoms with Crippen molar-refractivity contribution >= 4 is 23.7 Å². The average molecular weight is 514 g/mol. The van der Waals surface area contributed by atoms with Crippen LogP contribution in [0.25, 0.3) is 6.08 Å². The van der Waals surface area contributed by atoms with Crippen LogP contribution in [0.2, 0.25) is 0 Å². The van der Waals surface area contributed by atoms with Gasteiger partial charge in [0, 0.05) is 49.7 Å². The number of ether oxygens (including phenoxy) is 2. The summed E-state index contributed by atoms with van der Waals surface area (Å²) < 4.78 is 11.9. The second-order valence-corrected chi connectivity index (χ2v) is 10.3. The predicted octanol–water partition coefficient (Wildman–Crippen LogP) is 4.49. The molecular formula is C29H43N3O5. The van der Waals surface area contributed by atoms with Gasteiger partial charge in [0.2, 0.25) is 0 Å². The highest BCUT2D eigenvalue weighted by Crippen LogP contribution is 2.33. The van der Waals surface area contributed by atoms with Crippen LogP contribution in [0.3, 0.4) is 0 Å². The van der Waals surface area contributed by atoms with Gasteiger partial charge in [0.15, 0.2) is 5.76 Å². The molecule has 0 radical (unpaired) electrons. The molecule has 0 spiro atoms. The number of rotatable bonds is 11. The molecule has 0 bridgehead atoms. The molecule has 0 unspecified atom stereocenters. The molecule has 8 nitrogen and oxygen atoms in total. The van der Waals surface area contributed by atoms with E-state index in [-0.39, 0.29) is 31.2 Å². The lowest BCUT2D eigenvalue weighted by Gasteiger charge is -2.29. The smallest absolute Gasteiger partial charge is 0.300 e. The summed E-state index contributed by atoms with van der Waals surface area (Å²) in [4.78, 5) is 22.5. The van der Waals surface area contributed by atoms with Gasteiger partial charge in [-0.25, -0.2) is 4.99 Å². The zero-order chi connectivity index (χ0) is 26.0. The Morgan fingerprint density at radius 2 is 1.68 bits per heavy atom. The number of aliphatic imine (C=N–C) groups is 1. The zero-order valence-electron chi connectivity index (χ0n) is 22.2. The molecule has 37 heavy (non-hydrogen) atoms. The highest BCUT2D eigenvalue weighted by Gasteiger charge is 2.40. The molecule has 1 aromatic carbocycles. The summed E-state index contributed by atoms with van der Waals surface area (Å²) in [7, 11) is 1.62. The second-order valence-electron chi connectivity index (χ2n) is 10.3. The van der Waals surface area contributed by atoms with E-state index >= 15 is 0 Å². The van der Waals surface area contributed by atoms with Gasteiger partial charge < -0.3 is 24.6 Å². The summed E-state index contributed by atoms with van der Waals surface area (Å²) in [5.41, 5.74) is 1.71. The van der Waals surface area contributed by atoms with E-state index in [2.05, 4.69) is 4.90 Å². The molecule has 3 aliphatic rings. The minimum atomic E-state index is -0.111. The van der Waals surface area contributed by atoms with Gasteiger partial charge in [-0.2, -0.15) is 0 Å². The molecule has 2 N–H and O–H groups in total. The third-order valence-corrected chi connectivity index (χ3v) is 7.69. The third-order valence-electron chi connectivity index (χ3n) is 7.69. The lowest BCUT2D eigenvalue weighted by molar-refractivity contribution is -0.124. The van der Waals surface area contributed by atoms with Gasteiger partial charge in [0.1, 0.15) is 5.75 Å². The van der Waals surface area contributed by atoms with Crippen LogP contribution in [0, 0.1) is 0 Å². The largest absolute Gasteiger partial charge is 0.496 e. The lowest BCUT2D eigenvalue weighted by Crippen LogP contribution is -2.41. The van der Waals surface area contributed by atoms with Crippen molar-refractivity contribution in [2.24, 2.45) is 4.99 Å². The summed E-state index contributed by atoms with van der Waals surface area (Å²) in [6.45, 7) is 1.58. The monoisotopic (exact) mass is 513 g/mol. The minimum absolute atomic E-state index is 0.110. The predicted molar refractivity (Wildman–Crippen MR) is 146 cm³/mol. The van der Waals surface area contributed by atoms with Gasteiger partial charge in [-0.15, -0.1) is 0 Å². The number of amides is 1.